The van der Waals surface area contributed by atoms with E-state index in [2.05, 4.69) is 108 Å². The summed E-state index contributed by atoms with van der Waals surface area (Å²) >= 11 is 0. The molecule has 4 heteroatoms. The van der Waals surface area contributed by atoms with Crippen molar-refractivity contribution in [1.29, 1.82) is 0 Å². The van der Waals surface area contributed by atoms with Gasteiger partial charge in [0.2, 0.25) is 12.4 Å². The predicted octanol–water partition coefficient (Wildman–Crippen LogP) is 0.319. The molecule has 22 heavy (non-hydrogen) atoms. The van der Waals surface area contributed by atoms with Crippen LogP contribution in [0.15, 0.2) is 61.2 Å². The van der Waals surface area contributed by atoms with Crippen LogP contribution in [0.3, 0.4) is 0 Å². The molecule has 0 N–H and O–H groups in total. The van der Waals surface area contributed by atoms with Crippen LogP contribution in [0, 0.1) is 0 Å². The number of hydrogen-bond acceptors (Lipinski definition) is 0. The highest BCUT2D eigenvalue weighted by Crippen LogP contribution is 2.20. The third-order valence-corrected chi connectivity index (χ3v) is 4.04. The second-order valence-electron chi connectivity index (χ2n) is 5.61. The molecule has 3 rings (SSSR count). The Labute approximate surface area is 131 Å². The summed E-state index contributed by atoms with van der Waals surface area (Å²) in [6.07, 6.45) is 8.34. The van der Waals surface area contributed by atoms with E-state index < -0.39 is 0 Å². The Morgan fingerprint density at radius 2 is 0.909 bits per heavy atom. The van der Waals surface area contributed by atoms with Gasteiger partial charge in [-0.25, -0.2) is 0 Å². The Morgan fingerprint density at radius 3 is 1.27 bits per heavy atom. The van der Waals surface area contributed by atoms with Crippen LogP contribution in [-0.2, 0) is 28.2 Å². The highest BCUT2D eigenvalue weighted by atomic mass is 15.1. The molecule has 0 aliphatic rings. The number of pyridine rings is 2. The van der Waals surface area contributed by atoms with Crippen molar-refractivity contribution < 1.29 is 18.3 Å². The number of hydrogen-bond donors (Lipinski definition) is 0. The molecule has 0 radical (unpaired) electrons. The molecule has 110 valence electrons. The molecule has 0 saturated carbocycles. The molecular weight excluding hydrogens is 272 g/mol. The summed E-state index contributed by atoms with van der Waals surface area (Å²) in [4.78, 5) is 0. The summed E-state index contributed by atoms with van der Waals surface area (Å²) in [5.74, 6) is 0. The van der Waals surface area contributed by atoms with Gasteiger partial charge in [-0.3, -0.25) is 0 Å². The molecule has 0 saturated heterocycles. The van der Waals surface area contributed by atoms with Crippen LogP contribution in [0.25, 0.3) is 22.8 Å². The Balaban J connectivity index is 2.39. The van der Waals surface area contributed by atoms with E-state index in [9.17, 15) is 0 Å². The Morgan fingerprint density at radius 1 is 0.500 bits per heavy atom. The van der Waals surface area contributed by atoms with E-state index in [1.54, 1.807) is 0 Å². The molecule has 0 unspecified atom stereocenters. The average Bonchev–Trinajstić information content (AvgIpc) is 2.51. The van der Waals surface area contributed by atoms with Crippen LogP contribution in [-0.4, -0.2) is 0 Å². The molecule has 0 bridgehead atoms. The van der Waals surface area contributed by atoms with Crippen LogP contribution >= 0.6 is 0 Å². The first-order valence-corrected chi connectivity index (χ1v) is 7.38. The second kappa shape index (κ2) is 5.64. The third-order valence-electron chi connectivity index (χ3n) is 4.04. The topological polar surface area (TPSA) is 15.5 Å². The summed E-state index contributed by atoms with van der Waals surface area (Å²) < 4.78 is 8.67. The first-order chi connectivity index (χ1) is 10.6. The number of aromatic nitrogens is 4. The smallest absolute Gasteiger partial charge is 0.196 e. The molecule has 0 atom stereocenters. The zero-order valence-electron chi connectivity index (χ0n) is 13.6. The monoisotopic (exact) mass is 294 g/mol. The molecule has 0 aliphatic heterocycles. The van der Waals surface area contributed by atoms with Gasteiger partial charge in [0, 0.05) is 24.3 Å². The van der Waals surface area contributed by atoms with Gasteiger partial charge in [0.15, 0.2) is 12.4 Å². The SMILES string of the molecule is C[n+]1ccccc1-c1c(-c2cccc[n+]2C)[n+](C)cc[n+]1C. The van der Waals surface area contributed by atoms with Crippen LogP contribution in [0.4, 0.5) is 0 Å². The van der Waals surface area contributed by atoms with Gasteiger partial charge in [0.25, 0.3) is 11.4 Å². The van der Waals surface area contributed by atoms with Crippen molar-refractivity contribution in [3.63, 3.8) is 0 Å². The molecule has 3 aromatic rings. The molecule has 4 nitrogen and oxygen atoms in total. The van der Waals surface area contributed by atoms with Gasteiger partial charge < -0.3 is 0 Å². The van der Waals surface area contributed by atoms with E-state index in [4.69, 9.17) is 0 Å². The fourth-order valence-corrected chi connectivity index (χ4v) is 2.83. The minimum atomic E-state index is 1.18. The van der Waals surface area contributed by atoms with Crippen molar-refractivity contribution in [2.45, 2.75) is 0 Å². The minimum Gasteiger partial charge on any atom is -0.196 e. The second-order valence-corrected chi connectivity index (χ2v) is 5.61. The lowest BCUT2D eigenvalue weighted by atomic mass is 10.1. The van der Waals surface area contributed by atoms with Crippen molar-refractivity contribution in [2.24, 2.45) is 28.2 Å². The zero-order valence-corrected chi connectivity index (χ0v) is 13.6. The largest absolute Gasteiger partial charge is 0.356 e. The minimum absolute atomic E-state index is 1.18. The van der Waals surface area contributed by atoms with E-state index in [1.807, 2.05) is 0 Å². The standard InChI is InChI=1S/C18H22N4/c1-19-11-7-5-9-15(19)17-18(22(4)14-13-21(17)3)16-10-6-8-12-20(16)2/h5-14H,1-4H3/q+4. The van der Waals surface area contributed by atoms with Crippen molar-refractivity contribution in [3.8, 4) is 22.8 Å². The lowest BCUT2D eigenvalue weighted by Gasteiger charge is -2.03. The van der Waals surface area contributed by atoms with Gasteiger partial charge in [-0.15, -0.1) is 0 Å². The third kappa shape index (κ3) is 2.37. The highest BCUT2D eigenvalue weighted by molar-refractivity contribution is 5.65. The van der Waals surface area contributed by atoms with Crippen LogP contribution in [0.1, 0.15) is 0 Å². The highest BCUT2D eigenvalue weighted by Gasteiger charge is 2.36. The lowest BCUT2D eigenvalue weighted by molar-refractivity contribution is -0.729. The van der Waals surface area contributed by atoms with Gasteiger partial charge >= 0.3 is 11.4 Å². The summed E-state index contributed by atoms with van der Waals surface area (Å²) in [5, 5.41) is 0. The number of aryl methyl sites for hydroxylation is 4. The number of nitrogens with zero attached hydrogens (tertiary/aromatic N) is 4. The van der Waals surface area contributed by atoms with Crippen molar-refractivity contribution in [2.75, 3.05) is 0 Å². The van der Waals surface area contributed by atoms with E-state index in [1.165, 1.54) is 22.8 Å². The van der Waals surface area contributed by atoms with Crippen LogP contribution in [0.2, 0.25) is 0 Å². The van der Waals surface area contributed by atoms with Gasteiger partial charge in [-0.1, -0.05) is 0 Å². The normalized spacial score (nSPS) is 10.7. The first-order valence-electron chi connectivity index (χ1n) is 7.38. The zero-order chi connectivity index (χ0) is 15.7. The molecule has 0 aliphatic carbocycles. The van der Waals surface area contributed by atoms with Crippen molar-refractivity contribution >= 4 is 0 Å². The molecule has 0 spiro atoms. The quantitative estimate of drug-likeness (QED) is 0.605. The molecule has 0 fully saturated rings. The average molecular weight is 294 g/mol. The fourth-order valence-electron chi connectivity index (χ4n) is 2.83. The van der Waals surface area contributed by atoms with E-state index in [-0.39, 0.29) is 0 Å². The maximum absolute atomic E-state index is 2.18. The van der Waals surface area contributed by atoms with Gasteiger partial charge in [-0.2, -0.15) is 18.3 Å². The van der Waals surface area contributed by atoms with Gasteiger partial charge in [0.05, 0.1) is 0 Å². The van der Waals surface area contributed by atoms with Crippen molar-refractivity contribution in [3.05, 3.63) is 61.2 Å². The van der Waals surface area contributed by atoms with E-state index in [0.717, 1.165) is 0 Å². The van der Waals surface area contributed by atoms with Crippen LogP contribution in [0.5, 0.6) is 0 Å². The fraction of sp³-hybridized carbons (Fsp3) is 0.222. The van der Waals surface area contributed by atoms with E-state index >= 15 is 0 Å². The Bertz CT molecular complexity index is 770. The summed E-state index contributed by atoms with van der Waals surface area (Å²) in [6, 6.07) is 12.6. The lowest BCUT2D eigenvalue weighted by Crippen LogP contribution is -2.47. The molecule has 0 amide bonds. The van der Waals surface area contributed by atoms with Crippen LogP contribution < -0.4 is 18.3 Å². The van der Waals surface area contributed by atoms with Gasteiger partial charge in [0.1, 0.15) is 28.2 Å². The molecule has 3 aromatic heterocycles. The van der Waals surface area contributed by atoms with Crippen molar-refractivity contribution in [1.82, 2.24) is 0 Å². The number of rotatable bonds is 2. The Kier molecular flexibility index (Phi) is 3.67. The summed E-state index contributed by atoms with van der Waals surface area (Å²) in [6.45, 7) is 0. The molecule has 3 heterocycles. The first kappa shape index (κ1) is 14.3. The van der Waals surface area contributed by atoms with Gasteiger partial charge in [-0.05, 0) is 12.1 Å². The molecular formula is C18H22N4+4. The Hall–Kier alpha value is -2.62. The molecule has 0 aromatic carbocycles. The maximum atomic E-state index is 2.18. The van der Waals surface area contributed by atoms with E-state index in [0.29, 0.717) is 0 Å². The summed E-state index contributed by atoms with van der Waals surface area (Å²) in [5.41, 5.74) is 4.74. The maximum Gasteiger partial charge on any atom is 0.356 e. The summed E-state index contributed by atoms with van der Waals surface area (Å²) in [7, 11) is 8.34. The predicted molar refractivity (Wildman–Crippen MR) is 82.0 cm³/mol.